The predicted molar refractivity (Wildman–Crippen MR) is 108 cm³/mol. The van der Waals surface area contributed by atoms with Gasteiger partial charge in [0.1, 0.15) is 5.41 Å². The number of nitrogens with one attached hydrogen (secondary N) is 1. The third kappa shape index (κ3) is 4.47. The lowest BCUT2D eigenvalue weighted by molar-refractivity contribution is -0.148. The second-order valence-electron chi connectivity index (χ2n) is 7.62. The highest BCUT2D eigenvalue weighted by molar-refractivity contribution is 6.04. The van der Waals surface area contributed by atoms with Crippen LogP contribution in [0.1, 0.15) is 25.0 Å². The number of hydrogen-bond acceptors (Lipinski definition) is 5. The fourth-order valence-electron chi connectivity index (χ4n) is 3.28. The highest BCUT2D eigenvalue weighted by atomic mass is 16.2. The molecule has 0 aliphatic carbocycles. The molecule has 28 heavy (non-hydrogen) atoms. The number of rotatable bonds is 5. The zero-order valence-electron chi connectivity index (χ0n) is 16.7. The van der Waals surface area contributed by atoms with Gasteiger partial charge in [-0.15, -0.1) is 0 Å². The molecule has 1 saturated heterocycles. The van der Waals surface area contributed by atoms with Crippen LogP contribution in [-0.2, 0) is 16.1 Å². The second kappa shape index (κ2) is 8.37. The molecular formula is C21H27N5O2. The first-order chi connectivity index (χ1) is 13.4. The highest BCUT2D eigenvalue weighted by Crippen LogP contribution is 2.21. The van der Waals surface area contributed by atoms with E-state index in [1.165, 1.54) is 0 Å². The lowest BCUT2D eigenvalue weighted by Gasteiger charge is -2.38. The van der Waals surface area contributed by atoms with Gasteiger partial charge in [-0.3, -0.25) is 9.59 Å². The van der Waals surface area contributed by atoms with Gasteiger partial charge in [-0.1, -0.05) is 29.8 Å². The van der Waals surface area contributed by atoms with Crippen molar-refractivity contribution in [3.63, 3.8) is 0 Å². The molecule has 1 aliphatic rings. The van der Waals surface area contributed by atoms with E-state index in [1.54, 1.807) is 37.2 Å². The number of carbonyl (C=O) groups is 2. The van der Waals surface area contributed by atoms with Gasteiger partial charge in [-0.25, -0.2) is 9.97 Å². The number of hydrogen-bond donors (Lipinski definition) is 1. The summed E-state index contributed by atoms with van der Waals surface area (Å²) in [6.45, 7) is 8.20. The van der Waals surface area contributed by atoms with E-state index in [0.717, 1.165) is 11.1 Å². The molecule has 0 atom stereocenters. The van der Waals surface area contributed by atoms with Crippen LogP contribution < -0.4 is 10.2 Å². The van der Waals surface area contributed by atoms with Crippen LogP contribution in [0, 0.1) is 12.3 Å². The Balaban J connectivity index is 1.56. The summed E-state index contributed by atoms with van der Waals surface area (Å²) in [5, 5.41) is 2.90. The van der Waals surface area contributed by atoms with Crippen molar-refractivity contribution in [2.75, 3.05) is 31.1 Å². The summed E-state index contributed by atoms with van der Waals surface area (Å²) in [7, 11) is 0. The van der Waals surface area contributed by atoms with Crippen LogP contribution in [0.3, 0.4) is 0 Å². The quantitative estimate of drug-likeness (QED) is 0.799. The second-order valence-corrected chi connectivity index (χ2v) is 7.62. The van der Waals surface area contributed by atoms with Crippen molar-refractivity contribution in [1.82, 2.24) is 20.2 Å². The summed E-state index contributed by atoms with van der Waals surface area (Å²) in [5.74, 6) is 0.264. The minimum Gasteiger partial charge on any atom is -0.351 e. The average Bonchev–Trinajstić information content (AvgIpc) is 2.72. The Hall–Kier alpha value is -2.96. The standard InChI is InChI=1S/C21H27N5O2/c1-16-6-4-7-17(14-16)15-24-18(27)21(2,3)19(28)25-10-12-26(13-11-25)20-22-8-5-9-23-20/h4-9,14H,10-13,15H2,1-3H3,(H,24,27). The Kier molecular flexibility index (Phi) is 5.92. The lowest BCUT2D eigenvalue weighted by Crippen LogP contribution is -2.55. The van der Waals surface area contributed by atoms with Crippen molar-refractivity contribution in [1.29, 1.82) is 0 Å². The SMILES string of the molecule is Cc1cccc(CNC(=O)C(C)(C)C(=O)N2CCN(c3ncccn3)CC2)c1. The van der Waals surface area contributed by atoms with E-state index in [-0.39, 0.29) is 11.8 Å². The third-order valence-corrected chi connectivity index (χ3v) is 5.04. The zero-order valence-corrected chi connectivity index (χ0v) is 16.7. The molecule has 7 heteroatoms. The molecule has 0 saturated carbocycles. The van der Waals surface area contributed by atoms with Crippen molar-refractivity contribution < 1.29 is 9.59 Å². The minimum absolute atomic E-state index is 0.150. The van der Waals surface area contributed by atoms with E-state index in [0.29, 0.717) is 38.7 Å². The number of aryl methyl sites for hydroxylation is 1. The number of amides is 2. The molecule has 7 nitrogen and oxygen atoms in total. The van der Waals surface area contributed by atoms with Gasteiger partial charge >= 0.3 is 0 Å². The number of nitrogens with zero attached hydrogens (tertiary/aromatic N) is 4. The Labute approximate surface area is 165 Å². The molecule has 0 radical (unpaired) electrons. The molecule has 2 heterocycles. The Morgan fingerprint density at radius 1 is 1.07 bits per heavy atom. The summed E-state index contributed by atoms with van der Waals surface area (Å²) >= 11 is 0. The maximum absolute atomic E-state index is 13.0. The summed E-state index contributed by atoms with van der Waals surface area (Å²) in [6, 6.07) is 9.75. The average molecular weight is 381 g/mol. The van der Waals surface area contributed by atoms with Gasteiger partial charge < -0.3 is 15.1 Å². The van der Waals surface area contributed by atoms with E-state index in [2.05, 4.69) is 20.2 Å². The van der Waals surface area contributed by atoms with Crippen molar-refractivity contribution >= 4 is 17.8 Å². The molecule has 1 aromatic carbocycles. The van der Waals surface area contributed by atoms with Crippen molar-refractivity contribution in [3.05, 3.63) is 53.9 Å². The monoisotopic (exact) mass is 381 g/mol. The molecule has 0 unspecified atom stereocenters. The molecule has 2 aromatic rings. The van der Waals surface area contributed by atoms with Crippen LogP contribution in [0.5, 0.6) is 0 Å². The van der Waals surface area contributed by atoms with Crippen LogP contribution in [-0.4, -0.2) is 52.9 Å². The number of aromatic nitrogens is 2. The van der Waals surface area contributed by atoms with Crippen LogP contribution in [0.15, 0.2) is 42.7 Å². The van der Waals surface area contributed by atoms with Crippen LogP contribution in [0.2, 0.25) is 0 Å². The molecule has 1 N–H and O–H groups in total. The maximum Gasteiger partial charge on any atom is 0.237 e. The Bertz CT molecular complexity index is 830. The molecule has 1 fully saturated rings. The molecule has 1 aromatic heterocycles. The molecule has 1 aliphatic heterocycles. The molecule has 0 bridgehead atoms. The zero-order chi connectivity index (χ0) is 20.1. The van der Waals surface area contributed by atoms with E-state index < -0.39 is 5.41 Å². The van der Waals surface area contributed by atoms with Crippen LogP contribution in [0.4, 0.5) is 5.95 Å². The smallest absolute Gasteiger partial charge is 0.237 e. The van der Waals surface area contributed by atoms with Crippen LogP contribution in [0.25, 0.3) is 0 Å². The van der Waals surface area contributed by atoms with Crippen molar-refractivity contribution in [2.24, 2.45) is 5.41 Å². The molecule has 3 rings (SSSR count). The van der Waals surface area contributed by atoms with Crippen molar-refractivity contribution in [2.45, 2.75) is 27.3 Å². The van der Waals surface area contributed by atoms with Gasteiger partial charge in [0.15, 0.2) is 0 Å². The van der Waals surface area contributed by atoms with Gasteiger partial charge in [0.25, 0.3) is 0 Å². The number of anilines is 1. The Morgan fingerprint density at radius 3 is 2.39 bits per heavy atom. The summed E-state index contributed by atoms with van der Waals surface area (Å²) in [6.07, 6.45) is 3.42. The highest BCUT2D eigenvalue weighted by Gasteiger charge is 2.40. The van der Waals surface area contributed by atoms with E-state index in [1.807, 2.05) is 31.2 Å². The molecule has 2 amide bonds. The van der Waals surface area contributed by atoms with Crippen LogP contribution >= 0.6 is 0 Å². The first-order valence-electron chi connectivity index (χ1n) is 9.53. The van der Waals surface area contributed by atoms with Gasteiger partial charge in [0, 0.05) is 45.1 Å². The molecule has 148 valence electrons. The summed E-state index contributed by atoms with van der Waals surface area (Å²) in [4.78, 5) is 38.0. The van der Waals surface area contributed by atoms with Gasteiger partial charge in [0.05, 0.1) is 0 Å². The fourth-order valence-corrected chi connectivity index (χ4v) is 3.28. The number of benzene rings is 1. The fraction of sp³-hybridized carbons (Fsp3) is 0.429. The molecule has 0 spiro atoms. The van der Waals surface area contributed by atoms with Gasteiger partial charge in [0.2, 0.25) is 17.8 Å². The van der Waals surface area contributed by atoms with Crippen molar-refractivity contribution in [3.8, 4) is 0 Å². The summed E-state index contributed by atoms with van der Waals surface area (Å²) in [5.41, 5.74) is 1.05. The Morgan fingerprint density at radius 2 is 1.75 bits per heavy atom. The molecular weight excluding hydrogens is 354 g/mol. The largest absolute Gasteiger partial charge is 0.351 e. The first-order valence-corrected chi connectivity index (χ1v) is 9.53. The third-order valence-electron chi connectivity index (χ3n) is 5.04. The van der Waals surface area contributed by atoms with Gasteiger partial charge in [-0.05, 0) is 32.4 Å². The van der Waals surface area contributed by atoms with E-state index in [9.17, 15) is 9.59 Å². The topological polar surface area (TPSA) is 78.4 Å². The number of piperazine rings is 1. The normalized spacial score (nSPS) is 14.7. The maximum atomic E-state index is 13.0. The minimum atomic E-state index is -1.12. The number of carbonyl (C=O) groups excluding carboxylic acids is 2. The van der Waals surface area contributed by atoms with E-state index >= 15 is 0 Å². The van der Waals surface area contributed by atoms with E-state index in [4.69, 9.17) is 0 Å². The first kappa shape index (κ1) is 19.8. The predicted octanol–water partition coefficient (Wildman–Crippen LogP) is 1.78. The summed E-state index contributed by atoms with van der Waals surface area (Å²) < 4.78 is 0. The lowest BCUT2D eigenvalue weighted by atomic mass is 9.89. The van der Waals surface area contributed by atoms with Gasteiger partial charge in [-0.2, -0.15) is 0 Å².